The van der Waals surface area contributed by atoms with Crippen molar-refractivity contribution < 1.29 is 14.0 Å². The van der Waals surface area contributed by atoms with Crippen molar-refractivity contribution in [2.24, 2.45) is 5.73 Å². The topological polar surface area (TPSA) is 87.5 Å². The van der Waals surface area contributed by atoms with Gasteiger partial charge in [-0.3, -0.25) is 9.69 Å². The van der Waals surface area contributed by atoms with E-state index >= 15 is 0 Å². The Kier molecular flexibility index (Phi) is 8.11. The normalized spacial score (nSPS) is 14.4. The van der Waals surface area contributed by atoms with E-state index in [9.17, 15) is 14.0 Å². The zero-order valence-electron chi connectivity index (χ0n) is 19.7. The SMILES string of the molecule is NC(=O)NC(CC(=O)NCc1ccccc1-c1ccc(CN2CCCC2)cc1)c1ccccc1F. The minimum Gasteiger partial charge on any atom is -0.352 e. The summed E-state index contributed by atoms with van der Waals surface area (Å²) in [5.74, 6) is -0.819. The van der Waals surface area contributed by atoms with Crippen molar-refractivity contribution >= 4 is 11.9 Å². The van der Waals surface area contributed by atoms with Gasteiger partial charge in [-0.15, -0.1) is 0 Å². The van der Waals surface area contributed by atoms with Gasteiger partial charge in [-0.2, -0.15) is 0 Å². The maximum absolute atomic E-state index is 14.2. The molecule has 35 heavy (non-hydrogen) atoms. The summed E-state index contributed by atoms with van der Waals surface area (Å²) in [6.07, 6.45) is 2.42. The smallest absolute Gasteiger partial charge is 0.312 e. The van der Waals surface area contributed by atoms with Gasteiger partial charge < -0.3 is 16.4 Å². The lowest BCUT2D eigenvalue weighted by atomic mass is 9.98. The number of likely N-dealkylation sites (tertiary alicyclic amines) is 1. The highest BCUT2D eigenvalue weighted by molar-refractivity contribution is 5.79. The molecule has 1 fully saturated rings. The molecule has 4 rings (SSSR count). The summed E-state index contributed by atoms with van der Waals surface area (Å²) in [5.41, 5.74) is 9.86. The van der Waals surface area contributed by atoms with Crippen molar-refractivity contribution in [3.8, 4) is 11.1 Å². The van der Waals surface area contributed by atoms with E-state index in [2.05, 4.69) is 39.8 Å². The number of primary amides is 1. The number of nitrogens with one attached hydrogen (secondary N) is 2. The molecule has 4 N–H and O–H groups in total. The summed E-state index contributed by atoms with van der Waals surface area (Å²) in [7, 11) is 0. The molecule has 1 aliphatic rings. The van der Waals surface area contributed by atoms with Gasteiger partial charge in [0, 0.05) is 18.7 Å². The number of hydrogen-bond donors (Lipinski definition) is 3. The highest BCUT2D eigenvalue weighted by Gasteiger charge is 2.20. The molecule has 1 heterocycles. The molecule has 6 nitrogen and oxygen atoms in total. The van der Waals surface area contributed by atoms with Crippen LogP contribution in [-0.4, -0.2) is 29.9 Å². The van der Waals surface area contributed by atoms with Crippen LogP contribution in [0.4, 0.5) is 9.18 Å². The average molecular weight is 475 g/mol. The molecular weight excluding hydrogens is 443 g/mol. The Bertz CT molecular complexity index is 1160. The summed E-state index contributed by atoms with van der Waals surface area (Å²) >= 11 is 0. The Balaban J connectivity index is 1.41. The quantitative estimate of drug-likeness (QED) is 0.427. The lowest BCUT2D eigenvalue weighted by Crippen LogP contribution is -2.37. The zero-order chi connectivity index (χ0) is 24.6. The molecular formula is C28H31FN4O2. The van der Waals surface area contributed by atoms with E-state index < -0.39 is 17.9 Å². The highest BCUT2D eigenvalue weighted by atomic mass is 19.1. The summed E-state index contributed by atoms with van der Waals surface area (Å²) in [6.45, 7) is 3.61. The maximum atomic E-state index is 14.2. The monoisotopic (exact) mass is 474 g/mol. The summed E-state index contributed by atoms with van der Waals surface area (Å²) in [4.78, 5) is 26.6. The van der Waals surface area contributed by atoms with Gasteiger partial charge in [0.1, 0.15) is 5.82 Å². The summed E-state index contributed by atoms with van der Waals surface area (Å²) < 4.78 is 14.2. The molecule has 3 aromatic carbocycles. The number of hydrogen-bond acceptors (Lipinski definition) is 3. The molecule has 1 unspecified atom stereocenters. The van der Waals surface area contributed by atoms with Crippen LogP contribution in [0.15, 0.2) is 72.8 Å². The Hall–Kier alpha value is -3.71. The molecule has 0 saturated carbocycles. The third-order valence-electron chi connectivity index (χ3n) is 6.35. The fraction of sp³-hybridized carbons (Fsp3) is 0.286. The first kappa shape index (κ1) is 24.4. The third-order valence-corrected chi connectivity index (χ3v) is 6.35. The van der Waals surface area contributed by atoms with Gasteiger partial charge in [0.2, 0.25) is 5.91 Å². The van der Waals surface area contributed by atoms with Gasteiger partial charge in [0.25, 0.3) is 0 Å². The van der Waals surface area contributed by atoms with Crippen molar-refractivity contribution in [1.29, 1.82) is 0 Å². The number of benzene rings is 3. The van der Waals surface area contributed by atoms with Crippen molar-refractivity contribution in [3.05, 3.63) is 95.3 Å². The number of carbonyl (C=O) groups excluding carboxylic acids is 2. The minimum atomic E-state index is -0.855. The largest absolute Gasteiger partial charge is 0.352 e. The zero-order valence-corrected chi connectivity index (χ0v) is 19.7. The van der Waals surface area contributed by atoms with Crippen LogP contribution < -0.4 is 16.4 Å². The number of halogens is 1. The fourth-order valence-electron chi connectivity index (χ4n) is 4.56. The summed E-state index contributed by atoms with van der Waals surface area (Å²) in [5, 5.41) is 5.37. The molecule has 0 bridgehead atoms. The van der Waals surface area contributed by atoms with Crippen molar-refractivity contribution in [1.82, 2.24) is 15.5 Å². The fourth-order valence-corrected chi connectivity index (χ4v) is 4.56. The Morgan fingerprint density at radius 2 is 1.63 bits per heavy atom. The maximum Gasteiger partial charge on any atom is 0.312 e. The number of urea groups is 1. The van der Waals surface area contributed by atoms with Gasteiger partial charge in [-0.25, -0.2) is 9.18 Å². The molecule has 7 heteroatoms. The van der Waals surface area contributed by atoms with E-state index in [1.165, 1.54) is 30.5 Å². The highest BCUT2D eigenvalue weighted by Crippen LogP contribution is 2.25. The van der Waals surface area contributed by atoms with Gasteiger partial charge in [-0.05, 0) is 54.3 Å². The molecule has 1 atom stereocenters. The first-order chi connectivity index (χ1) is 17.0. The predicted octanol–water partition coefficient (Wildman–Crippen LogP) is 4.50. The van der Waals surface area contributed by atoms with E-state index in [1.54, 1.807) is 12.1 Å². The molecule has 1 saturated heterocycles. The summed E-state index contributed by atoms with van der Waals surface area (Å²) in [6, 6.07) is 20.8. The number of rotatable bonds is 9. The van der Waals surface area contributed by atoms with Crippen LogP contribution in [0.25, 0.3) is 11.1 Å². The van der Waals surface area contributed by atoms with Gasteiger partial charge in [-0.1, -0.05) is 66.7 Å². The van der Waals surface area contributed by atoms with E-state index in [0.717, 1.165) is 36.3 Å². The second-order valence-corrected chi connectivity index (χ2v) is 8.90. The molecule has 0 radical (unpaired) electrons. The second kappa shape index (κ2) is 11.6. The molecule has 1 aliphatic heterocycles. The number of carbonyl (C=O) groups is 2. The predicted molar refractivity (Wildman–Crippen MR) is 135 cm³/mol. The standard InChI is InChI=1S/C28H31FN4O2/c29-25-10-4-3-9-24(25)26(32-28(30)35)17-27(34)31-18-22-7-1-2-8-23(22)21-13-11-20(12-14-21)19-33-15-5-6-16-33/h1-4,7-14,26H,5-6,15-19H2,(H,31,34)(H3,30,32,35). The number of nitrogens with two attached hydrogens (primary N) is 1. The Labute approximate surface area is 205 Å². The molecule has 0 aliphatic carbocycles. The van der Waals surface area contributed by atoms with Crippen LogP contribution >= 0.6 is 0 Å². The molecule has 0 spiro atoms. The lowest BCUT2D eigenvalue weighted by Gasteiger charge is -2.19. The van der Waals surface area contributed by atoms with Crippen LogP contribution in [0.3, 0.4) is 0 Å². The van der Waals surface area contributed by atoms with Crippen molar-refractivity contribution in [2.45, 2.75) is 38.4 Å². The first-order valence-electron chi connectivity index (χ1n) is 12.0. The molecule has 3 amide bonds. The molecule has 182 valence electrons. The molecule has 3 aromatic rings. The van der Waals surface area contributed by atoms with Crippen LogP contribution in [0, 0.1) is 5.82 Å². The Morgan fingerprint density at radius 1 is 0.943 bits per heavy atom. The molecule has 0 aromatic heterocycles. The third kappa shape index (κ3) is 6.67. The lowest BCUT2D eigenvalue weighted by molar-refractivity contribution is -0.121. The van der Waals surface area contributed by atoms with Gasteiger partial charge in [0.05, 0.1) is 12.5 Å². The van der Waals surface area contributed by atoms with Gasteiger partial charge >= 0.3 is 6.03 Å². The van der Waals surface area contributed by atoms with Crippen LogP contribution in [0.5, 0.6) is 0 Å². The number of amides is 3. The van der Waals surface area contributed by atoms with Crippen molar-refractivity contribution in [2.75, 3.05) is 13.1 Å². The van der Waals surface area contributed by atoms with Crippen molar-refractivity contribution in [3.63, 3.8) is 0 Å². The van der Waals surface area contributed by atoms with Gasteiger partial charge in [0.15, 0.2) is 0 Å². The van der Waals surface area contributed by atoms with Crippen LogP contribution in [0.2, 0.25) is 0 Å². The average Bonchev–Trinajstić information content (AvgIpc) is 3.36. The van der Waals surface area contributed by atoms with E-state index in [0.29, 0.717) is 6.54 Å². The van der Waals surface area contributed by atoms with Crippen LogP contribution in [-0.2, 0) is 17.9 Å². The van der Waals surface area contributed by atoms with E-state index in [-0.39, 0.29) is 17.9 Å². The minimum absolute atomic E-state index is 0.128. The van der Waals surface area contributed by atoms with E-state index in [4.69, 9.17) is 5.73 Å². The second-order valence-electron chi connectivity index (χ2n) is 8.90. The first-order valence-corrected chi connectivity index (χ1v) is 12.0. The van der Waals surface area contributed by atoms with E-state index in [1.807, 2.05) is 24.3 Å². The van der Waals surface area contributed by atoms with Crippen LogP contribution in [0.1, 0.15) is 42.0 Å². The Morgan fingerprint density at radius 3 is 2.34 bits per heavy atom. The number of nitrogens with zero attached hydrogens (tertiary/aromatic N) is 1.